The van der Waals surface area contributed by atoms with E-state index in [1.807, 2.05) is 12.1 Å². The SMILES string of the molecule is C=COCCCNC(=O)c1ccc(CCl)cc1. The Morgan fingerprint density at radius 1 is 1.41 bits per heavy atom. The van der Waals surface area contributed by atoms with Gasteiger partial charge >= 0.3 is 0 Å². The lowest BCUT2D eigenvalue weighted by molar-refractivity contribution is 0.0950. The van der Waals surface area contributed by atoms with E-state index in [-0.39, 0.29) is 5.91 Å². The second kappa shape index (κ2) is 7.74. The van der Waals surface area contributed by atoms with E-state index in [0.29, 0.717) is 24.6 Å². The minimum Gasteiger partial charge on any atom is -0.502 e. The van der Waals surface area contributed by atoms with Crippen molar-refractivity contribution in [3.05, 3.63) is 48.2 Å². The molecule has 0 aromatic heterocycles. The van der Waals surface area contributed by atoms with Crippen LogP contribution in [-0.4, -0.2) is 19.1 Å². The van der Waals surface area contributed by atoms with E-state index in [1.165, 1.54) is 6.26 Å². The van der Waals surface area contributed by atoms with Crippen molar-refractivity contribution in [3.8, 4) is 0 Å². The Labute approximate surface area is 106 Å². The fourth-order valence-electron chi connectivity index (χ4n) is 1.29. The summed E-state index contributed by atoms with van der Waals surface area (Å²) >= 11 is 5.67. The number of benzene rings is 1. The van der Waals surface area contributed by atoms with Crippen molar-refractivity contribution in [1.29, 1.82) is 0 Å². The molecule has 92 valence electrons. The molecule has 1 N–H and O–H groups in total. The van der Waals surface area contributed by atoms with Gasteiger partial charge in [0.1, 0.15) is 0 Å². The molecular weight excluding hydrogens is 238 g/mol. The van der Waals surface area contributed by atoms with Gasteiger partial charge in [0.05, 0.1) is 12.9 Å². The van der Waals surface area contributed by atoms with E-state index < -0.39 is 0 Å². The van der Waals surface area contributed by atoms with Gasteiger partial charge in [0.15, 0.2) is 0 Å². The minimum absolute atomic E-state index is 0.0790. The molecule has 0 saturated heterocycles. The number of ether oxygens (including phenoxy) is 1. The number of nitrogens with one attached hydrogen (secondary N) is 1. The van der Waals surface area contributed by atoms with Crippen molar-refractivity contribution >= 4 is 17.5 Å². The zero-order chi connectivity index (χ0) is 12.5. The fourth-order valence-corrected chi connectivity index (χ4v) is 1.47. The smallest absolute Gasteiger partial charge is 0.251 e. The van der Waals surface area contributed by atoms with Crippen molar-refractivity contribution in [1.82, 2.24) is 5.32 Å². The fraction of sp³-hybridized carbons (Fsp3) is 0.308. The number of amides is 1. The van der Waals surface area contributed by atoms with Crippen molar-refractivity contribution in [2.24, 2.45) is 0 Å². The first-order valence-electron chi connectivity index (χ1n) is 5.43. The van der Waals surface area contributed by atoms with Crippen molar-refractivity contribution in [3.63, 3.8) is 0 Å². The summed E-state index contributed by atoms with van der Waals surface area (Å²) in [5.41, 5.74) is 1.64. The van der Waals surface area contributed by atoms with Gasteiger partial charge in [-0.3, -0.25) is 4.79 Å². The summed E-state index contributed by atoms with van der Waals surface area (Å²) in [6.07, 6.45) is 2.16. The molecule has 0 aliphatic carbocycles. The number of carbonyl (C=O) groups is 1. The van der Waals surface area contributed by atoms with Crippen molar-refractivity contribution < 1.29 is 9.53 Å². The minimum atomic E-state index is -0.0790. The summed E-state index contributed by atoms with van der Waals surface area (Å²) in [7, 11) is 0. The quantitative estimate of drug-likeness (QED) is 0.461. The molecule has 0 bridgehead atoms. The molecule has 0 atom stereocenters. The van der Waals surface area contributed by atoms with E-state index in [0.717, 1.165) is 12.0 Å². The van der Waals surface area contributed by atoms with Crippen LogP contribution in [0.25, 0.3) is 0 Å². The molecule has 3 nitrogen and oxygen atoms in total. The Balaban J connectivity index is 2.33. The largest absolute Gasteiger partial charge is 0.502 e. The molecule has 0 unspecified atom stereocenters. The van der Waals surface area contributed by atoms with Crippen LogP contribution in [0.5, 0.6) is 0 Å². The van der Waals surface area contributed by atoms with Crippen molar-refractivity contribution in [2.75, 3.05) is 13.2 Å². The number of halogens is 1. The van der Waals surface area contributed by atoms with Gasteiger partial charge in [-0.05, 0) is 24.1 Å². The summed E-state index contributed by atoms with van der Waals surface area (Å²) < 4.78 is 4.95. The molecule has 1 rings (SSSR count). The van der Waals surface area contributed by atoms with Gasteiger partial charge < -0.3 is 10.1 Å². The van der Waals surface area contributed by atoms with E-state index in [4.69, 9.17) is 16.3 Å². The molecule has 1 aromatic rings. The maximum Gasteiger partial charge on any atom is 0.251 e. The number of carbonyl (C=O) groups excluding carboxylic acids is 1. The summed E-state index contributed by atoms with van der Waals surface area (Å²) in [6.45, 7) is 4.59. The lowest BCUT2D eigenvalue weighted by atomic mass is 10.1. The van der Waals surface area contributed by atoms with Crippen LogP contribution in [0, 0.1) is 0 Å². The highest BCUT2D eigenvalue weighted by Crippen LogP contribution is 2.06. The molecule has 0 heterocycles. The average Bonchev–Trinajstić information content (AvgIpc) is 2.38. The second-order valence-electron chi connectivity index (χ2n) is 3.48. The first-order valence-corrected chi connectivity index (χ1v) is 5.97. The Morgan fingerprint density at radius 2 is 2.12 bits per heavy atom. The van der Waals surface area contributed by atoms with Crippen LogP contribution in [-0.2, 0) is 10.6 Å². The number of rotatable bonds is 7. The highest BCUT2D eigenvalue weighted by atomic mass is 35.5. The van der Waals surface area contributed by atoms with E-state index in [2.05, 4.69) is 11.9 Å². The van der Waals surface area contributed by atoms with Crippen LogP contribution < -0.4 is 5.32 Å². The third-order valence-corrected chi connectivity index (χ3v) is 2.52. The van der Waals surface area contributed by atoms with Gasteiger partial charge in [0.2, 0.25) is 0 Å². The maximum absolute atomic E-state index is 11.7. The van der Waals surface area contributed by atoms with Gasteiger partial charge in [-0.1, -0.05) is 18.7 Å². The molecule has 1 aromatic carbocycles. The zero-order valence-electron chi connectivity index (χ0n) is 9.62. The normalized spacial score (nSPS) is 9.71. The molecule has 4 heteroatoms. The predicted octanol–water partition coefficient (Wildman–Crippen LogP) is 2.71. The molecule has 0 aliphatic rings. The highest BCUT2D eigenvalue weighted by molar-refractivity contribution is 6.17. The topological polar surface area (TPSA) is 38.3 Å². The lowest BCUT2D eigenvalue weighted by Crippen LogP contribution is -2.25. The molecule has 1 amide bonds. The predicted molar refractivity (Wildman–Crippen MR) is 69.1 cm³/mol. The maximum atomic E-state index is 11.7. The van der Waals surface area contributed by atoms with E-state index in [1.54, 1.807) is 12.1 Å². The summed E-state index contributed by atoms with van der Waals surface area (Å²) in [4.78, 5) is 11.7. The summed E-state index contributed by atoms with van der Waals surface area (Å²) in [5, 5.41) is 2.81. The number of hydrogen-bond donors (Lipinski definition) is 1. The van der Waals surface area contributed by atoms with Crippen LogP contribution in [0.4, 0.5) is 0 Å². The van der Waals surface area contributed by atoms with Gasteiger partial charge in [-0.25, -0.2) is 0 Å². The molecule has 17 heavy (non-hydrogen) atoms. The van der Waals surface area contributed by atoms with E-state index >= 15 is 0 Å². The first-order chi connectivity index (χ1) is 8.27. The first kappa shape index (κ1) is 13.6. The van der Waals surface area contributed by atoms with Crippen LogP contribution in [0.1, 0.15) is 22.3 Å². The lowest BCUT2D eigenvalue weighted by Gasteiger charge is -2.05. The molecular formula is C13H16ClNO2. The van der Waals surface area contributed by atoms with Gasteiger partial charge in [0, 0.05) is 18.0 Å². The van der Waals surface area contributed by atoms with Crippen LogP contribution >= 0.6 is 11.6 Å². The highest BCUT2D eigenvalue weighted by Gasteiger charge is 2.03. The summed E-state index contributed by atoms with van der Waals surface area (Å²) in [6, 6.07) is 7.24. The van der Waals surface area contributed by atoms with Gasteiger partial charge in [-0.2, -0.15) is 0 Å². The zero-order valence-corrected chi connectivity index (χ0v) is 10.4. The van der Waals surface area contributed by atoms with E-state index in [9.17, 15) is 4.79 Å². The van der Waals surface area contributed by atoms with Gasteiger partial charge in [0.25, 0.3) is 5.91 Å². The number of hydrogen-bond acceptors (Lipinski definition) is 2. The average molecular weight is 254 g/mol. The Kier molecular flexibility index (Phi) is 6.18. The standard InChI is InChI=1S/C13H16ClNO2/c1-2-17-9-3-8-15-13(16)12-6-4-11(10-14)5-7-12/h2,4-7H,1,3,8-10H2,(H,15,16). The third-order valence-electron chi connectivity index (χ3n) is 2.21. The third kappa shape index (κ3) is 4.91. The molecule has 0 aliphatic heterocycles. The van der Waals surface area contributed by atoms with Crippen molar-refractivity contribution in [2.45, 2.75) is 12.3 Å². The van der Waals surface area contributed by atoms with Crippen LogP contribution in [0.3, 0.4) is 0 Å². The monoisotopic (exact) mass is 253 g/mol. The molecule has 0 saturated carbocycles. The molecule has 0 fully saturated rings. The second-order valence-corrected chi connectivity index (χ2v) is 3.74. The Hall–Kier alpha value is -1.48. The van der Waals surface area contributed by atoms with Crippen LogP contribution in [0.2, 0.25) is 0 Å². The molecule has 0 radical (unpaired) electrons. The Morgan fingerprint density at radius 3 is 2.71 bits per heavy atom. The summed E-state index contributed by atoms with van der Waals surface area (Å²) in [5.74, 6) is 0.380. The van der Waals surface area contributed by atoms with Gasteiger partial charge in [-0.15, -0.1) is 11.6 Å². The Bertz CT molecular complexity index is 362. The van der Waals surface area contributed by atoms with Crippen LogP contribution in [0.15, 0.2) is 37.1 Å². The molecule has 0 spiro atoms. The number of alkyl halides is 1.